The van der Waals surface area contributed by atoms with Gasteiger partial charge in [0.2, 0.25) is 0 Å². The Kier molecular flexibility index (Phi) is 13.5. The molecule has 1 aromatic carbocycles. The summed E-state index contributed by atoms with van der Waals surface area (Å²) in [5.74, 6) is 0.0230. The van der Waals surface area contributed by atoms with Crippen LogP contribution in [-0.4, -0.2) is 67.1 Å². The van der Waals surface area contributed by atoms with Gasteiger partial charge in [-0.25, -0.2) is 0 Å². The Morgan fingerprint density at radius 2 is 1.84 bits per heavy atom. The molecule has 0 amide bonds. The van der Waals surface area contributed by atoms with E-state index in [-0.39, 0.29) is 30.1 Å². The van der Waals surface area contributed by atoms with Gasteiger partial charge in [-0.1, -0.05) is 61.6 Å². The second-order valence-corrected chi connectivity index (χ2v) is 16.6. The van der Waals surface area contributed by atoms with E-state index in [0.29, 0.717) is 26.1 Å². The van der Waals surface area contributed by atoms with E-state index in [1.807, 2.05) is 28.3 Å². The van der Waals surface area contributed by atoms with Crippen LogP contribution in [0.1, 0.15) is 52.0 Å². The van der Waals surface area contributed by atoms with E-state index < -0.39 is 14.1 Å². The highest BCUT2D eigenvalue weighted by Crippen LogP contribution is 2.42. The fourth-order valence-electron chi connectivity index (χ4n) is 4.19. The van der Waals surface area contributed by atoms with Crippen molar-refractivity contribution >= 4 is 30.9 Å². The largest absolute Gasteiger partial charge is 0.497 e. The number of hydrogen-bond donors (Lipinski definition) is 0. The second-order valence-electron chi connectivity index (χ2n) is 11.1. The van der Waals surface area contributed by atoms with E-state index in [1.165, 1.54) is 0 Å². The van der Waals surface area contributed by atoms with Crippen molar-refractivity contribution in [1.82, 2.24) is 0 Å². The molecule has 0 radical (unpaired) electrons. The van der Waals surface area contributed by atoms with Gasteiger partial charge in [0.15, 0.2) is 14.1 Å². The standard InChI is InChI=1S/C28H47IO7Si/c1-27(2,3)37(7,8)36-25-16-26(20-34-21-33-19-22-11-13-23(30-4)14-12-22)35-28(18-25,32-6)17-24(31-5)10-9-15-29/h9,11-15,24-26H,10,16-21H2,1-8H3/b15-9+/t24-,25-,26+,28+/m0/s1. The molecule has 1 heterocycles. The number of ether oxygens (including phenoxy) is 6. The number of rotatable bonds is 15. The van der Waals surface area contributed by atoms with Gasteiger partial charge >= 0.3 is 0 Å². The summed E-state index contributed by atoms with van der Waals surface area (Å²) >= 11 is 2.23. The van der Waals surface area contributed by atoms with Crippen LogP contribution in [0.2, 0.25) is 18.1 Å². The summed E-state index contributed by atoms with van der Waals surface area (Å²) in [7, 11) is 3.13. The van der Waals surface area contributed by atoms with Crippen LogP contribution >= 0.6 is 22.6 Å². The van der Waals surface area contributed by atoms with Crippen molar-refractivity contribution in [3.8, 4) is 5.75 Å². The zero-order valence-corrected chi connectivity index (χ0v) is 27.0. The quantitative estimate of drug-likeness (QED) is 0.0892. The van der Waals surface area contributed by atoms with Crippen molar-refractivity contribution in [2.24, 2.45) is 0 Å². The van der Waals surface area contributed by atoms with Gasteiger partial charge < -0.3 is 32.8 Å². The molecule has 0 N–H and O–H groups in total. The van der Waals surface area contributed by atoms with E-state index in [0.717, 1.165) is 24.2 Å². The predicted octanol–water partition coefficient (Wildman–Crippen LogP) is 6.84. The molecule has 0 unspecified atom stereocenters. The zero-order chi connectivity index (χ0) is 27.5. The van der Waals surface area contributed by atoms with Crippen LogP contribution in [-0.2, 0) is 34.7 Å². The summed E-state index contributed by atoms with van der Waals surface area (Å²) in [5.41, 5.74) is 1.06. The fourth-order valence-corrected chi connectivity index (χ4v) is 5.85. The minimum atomic E-state index is -1.98. The lowest BCUT2D eigenvalue weighted by Crippen LogP contribution is -2.54. The third kappa shape index (κ3) is 10.5. The molecule has 7 nitrogen and oxygen atoms in total. The maximum Gasteiger partial charge on any atom is 0.192 e. The van der Waals surface area contributed by atoms with E-state index in [1.54, 1.807) is 21.3 Å². The van der Waals surface area contributed by atoms with Crippen LogP contribution in [0, 0.1) is 0 Å². The van der Waals surface area contributed by atoms with Gasteiger partial charge in [-0.3, -0.25) is 0 Å². The number of hydrogen-bond acceptors (Lipinski definition) is 7. The second kappa shape index (κ2) is 15.3. The van der Waals surface area contributed by atoms with Crippen molar-refractivity contribution in [2.75, 3.05) is 34.7 Å². The molecule has 1 aliphatic rings. The highest BCUT2D eigenvalue weighted by Gasteiger charge is 2.47. The van der Waals surface area contributed by atoms with Gasteiger partial charge in [0.25, 0.3) is 0 Å². The van der Waals surface area contributed by atoms with Crippen LogP contribution < -0.4 is 4.74 Å². The Balaban J connectivity index is 2.04. The highest BCUT2D eigenvalue weighted by atomic mass is 127. The Morgan fingerprint density at radius 3 is 2.41 bits per heavy atom. The SMILES string of the molecule is COc1ccc(COCOC[C@H]2C[C@H](O[Si](C)(C)C(C)(C)C)C[C@](C[C@H](C/C=C/I)OC)(OC)O2)cc1. The number of benzene rings is 1. The molecule has 0 bridgehead atoms. The van der Waals surface area contributed by atoms with E-state index in [4.69, 9.17) is 32.8 Å². The number of halogens is 1. The Morgan fingerprint density at radius 1 is 1.14 bits per heavy atom. The third-order valence-electron chi connectivity index (χ3n) is 7.34. The third-order valence-corrected chi connectivity index (χ3v) is 12.4. The molecule has 0 spiro atoms. The van der Waals surface area contributed by atoms with Gasteiger partial charge in [0.05, 0.1) is 38.6 Å². The first-order chi connectivity index (χ1) is 17.5. The molecule has 1 saturated heterocycles. The Hall–Kier alpha value is -0.533. The molecular weight excluding hydrogens is 603 g/mol. The van der Waals surface area contributed by atoms with Crippen molar-refractivity contribution < 1.29 is 32.8 Å². The lowest BCUT2D eigenvalue weighted by atomic mass is 9.93. The van der Waals surface area contributed by atoms with E-state index in [9.17, 15) is 0 Å². The summed E-state index contributed by atoms with van der Waals surface area (Å²) in [4.78, 5) is 0. The summed E-state index contributed by atoms with van der Waals surface area (Å²) in [6.07, 6.45) is 4.74. The first-order valence-electron chi connectivity index (χ1n) is 12.9. The van der Waals surface area contributed by atoms with Gasteiger partial charge in [0.1, 0.15) is 12.5 Å². The van der Waals surface area contributed by atoms with Crippen LogP contribution in [0.25, 0.3) is 0 Å². The van der Waals surface area contributed by atoms with Crippen LogP contribution in [0.15, 0.2) is 34.4 Å². The highest BCUT2D eigenvalue weighted by molar-refractivity contribution is 14.1. The lowest BCUT2D eigenvalue weighted by Gasteiger charge is -2.48. The maximum atomic E-state index is 6.86. The average Bonchev–Trinajstić information content (AvgIpc) is 2.85. The van der Waals surface area contributed by atoms with Crippen molar-refractivity contribution in [3.63, 3.8) is 0 Å². The van der Waals surface area contributed by atoms with Crippen molar-refractivity contribution in [1.29, 1.82) is 0 Å². The van der Waals surface area contributed by atoms with Crippen LogP contribution in [0.5, 0.6) is 5.75 Å². The van der Waals surface area contributed by atoms with E-state index in [2.05, 4.69) is 62.5 Å². The monoisotopic (exact) mass is 650 g/mol. The van der Waals surface area contributed by atoms with Crippen LogP contribution in [0.4, 0.5) is 0 Å². The van der Waals surface area contributed by atoms with Crippen molar-refractivity contribution in [3.05, 3.63) is 40.0 Å². The molecule has 2 rings (SSSR count). The summed E-state index contributed by atoms with van der Waals surface area (Å²) in [6, 6.07) is 7.81. The molecule has 1 aliphatic heterocycles. The Labute approximate surface area is 238 Å². The van der Waals surface area contributed by atoms with Gasteiger partial charge in [-0.2, -0.15) is 0 Å². The minimum absolute atomic E-state index is 0.0148. The molecule has 1 aromatic rings. The minimum Gasteiger partial charge on any atom is -0.497 e. The normalized spacial score (nSPS) is 23.9. The summed E-state index contributed by atoms with van der Waals surface area (Å²) < 4.78 is 44.1. The van der Waals surface area contributed by atoms with Gasteiger partial charge in [-0.05, 0) is 46.3 Å². The van der Waals surface area contributed by atoms with Crippen LogP contribution in [0.3, 0.4) is 0 Å². The summed E-state index contributed by atoms with van der Waals surface area (Å²) in [6.45, 7) is 12.4. The molecular formula is C28H47IO7Si. The van der Waals surface area contributed by atoms with Crippen molar-refractivity contribution in [2.45, 2.75) is 95.3 Å². The molecule has 0 aliphatic carbocycles. The molecule has 4 atom stereocenters. The molecule has 0 aromatic heterocycles. The first-order valence-corrected chi connectivity index (χ1v) is 17.1. The maximum absolute atomic E-state index is 6.86. The Bertz CT molecular complexity index is 812. The van der Waals surface area contributed by atoms with Gasteiger partial charge in [-0.15, -0.1) is 0 Å². The molecule has 9 heteroatoms. The topological polar surface area (TPSA) is 64.6 Å². The molecule has 0 saturated carbocycles. The molecule has 37 heavy (non-hydrogen) atoms. The number of methoxy groups -OCH3 is 3. The fraction of sp³-hybridized carbons (Fsp3) is 0.714. The molecule has 212 valence electrons. The zero-order valence-electron chi connectivity index (χ0n) is 23.9. The van der Waals surface area contributed by atoms with Gasteiger partial charge in [0, 0.05) is 33.5 Å². The lowest BCUT2D eigenvalue weighted by molar-refractivity contribution is -0.302. The first kappa shape index (κ1) is 32.7. The predicted molar refractivity (Wildman–Crippen MR) is 158 cm³/mol. The smallest absolute Gasteiger partial charge is 0.192 e. The van der Waals surface area contributed by atoms with E-state index >= 15 is 0 Å². The average molecular weight is 651 g/mol. The summed E-state index contributed by atoms with van der Waals surface area (Å²) in [5, 5.41) is 0.114. The molecule has 1 fully saturated rings.